The van der Waals surface area contributed by atoms with Gasteiger partial charge in [-0.05, 0) is 6.26 Å². The lowest BCUT2D eigenvalue weighted by Crippen LogP contribution is -2.29. The minimum atomic E-state index is -3.55. The van der Waals surface area contributed by atoms with Gasteiger partial charge in [-0.3, -0.25) is 4.68 Å². The van der Waals surface area contributed by atoms with E-state index in [0.717, 1.165) is 0 Å². The van der Waals surface area contributed by atoms with Crippen molar-refractivity contribution in [1.82, 2.24) is 14.5 Å². The van der Waals surface area contributed by atoms with Crippen molar-refractivity contribution in [1.29, 1.82) is 0 Å². The molecule has 1 heterocycles. The number of aromatic nitrogens is 2. The summed E-state index contributed by atoms with van der Waals surface area (Å²) >= 11 is 1.59. The Morgan fingerprint density at radius 3 is 2.75 bits per heavy atom. The molecule has 6 nitrogen and oxygen atoms in total. The van der Waals surface area contributed by atoms with Crippen LogP contribution in [-0.4, -0.2) is 36.2 Å². The predicted octanol–water partition coefficient (Wildman–Crippen LogP) is 0.0321. The number of nitrogens with zero attached hydrogens (tertiary/aromatic N) is 2. The Hall–Kier alpha value is -0.730. The second-order valence-corrected chi connectivity index (χ2v) is 6.46. The van der Waals surface area contributed by atoms with Crippen LogP contribution in [0.3, 0.4) is 0 Å². The van der Waals surface area contributed by atoms with Crippen LogP contribution < -0.4 is 10.5 Å². The molecule has 1 atom stereocenters. The summed E-state index contributed by atoms with van der Waals surface area (Å²) in [5, 5.41) is 4.01. The van der Waals surface area contributed by atoms with Crippen molar-refractivity contribution >= 4 is 27.6 Å². The first-order chi connectivity index (χ1) is 7.36. The zero-order chi connectivity index (χ0) is 12.3. The van der Waals surface area contributed by atoms with Gasteiger partial charge in [0.25, 0.3) is 0 Å². The predicted molar refractivity (Wildman–Crippen MR) is 65.8 cm³/mol. The number of anilines is 1. The van der Waals surface area contributed by atoms with Crippen LogP contribution in [-0.2, 0) is 17.1 Å². The van der Waals surface area contributed by atoms with E-state index >= 15 is 0 Å². The summed E-state index contributed by atoms with van der Waals surface area (Å²) in [4.78, 5) is 0.0308. The Bertz CT molecular complexity index is 455. The summed E-state index contributed by atoms with van der Waals surface area (Å²) < 4.78 is 27.5. The van der Waals surface area contributed by atoms with Gasteiger partial charge in [-0.1, -0.05) is 6.92 Å². The maximum absolute atomic E-state index is 11.8. The third-order valence-corrected chi connectivity index (χ3v) is 4.49. The average Bonchev–Trinajstić information content (AvgIpc) is 2.55. The van der Waals surface area contributed by atoms with E-state index in [9.17, 15) is 8.42 Å². The van der Waals surface area contributed by atoms with Crippen molar-refractivity contribution in [3.05, 3.63) is 6.20 Å². The molecule has 1 unspecified atom stereocenters. The van der Waals surface area contributed by atoms with Crippen molar-refractivity contribution in [2.45, 2.75) is 17.1 Å². The minimum absolute atomic E-state index is 0.0202. The molecule has 1 rings (SSSR count). The van der Waals surface area contributed by atoms with E-state index in [1.165, 1.54) is 10.9 Å². The summed E-state index contributed by atoms with van der Waals surface area (Å²) in [7, 11) is -1.92. The van der Waals surface area contributed by atoms with E-state index < -0.39 is 10.0 Å². The van der Waals surface area contributed by atoms with E-state index in [1.54, 1.807) is 18.8 Å². The molecular formula is C8H16N4O2S2. The average molecular weight is 264 g/mol. The molecule has 0 fully saturated rings. The Labute approximate surface area is 99.6 Å². The number of thioether (sulfide) groups is 1. The maximum Gasteiger partial charge on any atom is 0.245 e. The fraction of sp³-hybridized carbons (Fsp3) is 0.625. The largest absolute Gasteiger partial charge is 0.381 e. The standard InChI is InChI=1S/C8H16N4O2S2/c1-6(15-3)4-10-16(13,14)7-5-12(2)11-8(7)9/h5-6,10H,4H2,1-3H3,(H2,9,11). The van der Waals surface area contributed by atoms with Crippen molar-refractivity contribution in [2.75, 3.05) is 18.5 Å². The molecule has 1 aromatic rings. The number of nitrogens with one attached hydrogen (secondary N) is 1. The number of sulfonamides is 1. The highest BCUT2D eigenvalue weighted by molar-refractivity contribution is 7.99. The molecule has 0 aliphatic heterocycles. The summed E-state index contributed by atoms with van der Waals surface area (Å²) in [6.07, 6.45) is 3.32. The van der Waals surface area contributed by atoms with Crippen LogP contribution >= 0.6 is 11.8 Å². The highest BCUT2D eigenvalue weighted by Crippen LogP contribution is 2.15. The smallest absolute Gasteiger partial charge is 0.245 e. The van der Waals surface area contributed by atoms with Gasteiger partial charge in [0.15, 0.2) is 5.82 Å². The second-order valence-electron chi connectivity index (χ2n) is 3.45. The molecule has 3 N–H and O–H groups in total. The van der Waals surface area contributed by atoms with Crippen molar-refractivity contribution in [2.24, 2.45) is 7.05 Å². The van der Waals surface area contributed by atoms with E-state index in [0.29, 0.717) is 6.54 Å². The molecule has 92 valence electrons. The van der Waals surface area contributed by atoms with E-state index in [1.807, 2.05) is 13.2 Å². The van der Waals surface area contributed by atoms with Crippen molar-refractivity contribution in [3.8, 4) is 0 Å². The quantitative estimate of drug-likeness (QED) is 0.783. The first kappa shape index (κ1) is 13.3. The third-order valence-electron chi connectivity index (χ3n) is 2.07. The minimum Gasteiger partial charge on any atom is -0.381 e. The number of nitrogens with two attached hydrogens (primary N) is 1. The molecule has 16 heavy (non-hydrogen) atoms. The highest BCUT2D eigenvalue weighted by atomic mass is 32.2. The molecule has 0 radical (unpaired) electrons. The van der Waals surface area contributed by atoms with Gasteiger partial charge in [0.05, 0.1) is 0 Å². The van der Waals surface area contributed by atoms with E-state index in [2.05, 4.69) is 9.82 Å². The molecule has 0 bridgehead atoms. The SMILES string of the molecule is CSC(C)CNS(=O)(=O)c1cn(C)nc1N. The Kier molecular flexibility index (Phi) is 4.22. The number of rotatable bonds is 5. The van der Waals surface area contributed by atoms with Crippen LogP contribution in [0.1, 0.15) is 6.92 Å². The first-order valence-corrected chi connectivity index (χ1v) is 7.45. The zero-order valence-electron chi connectivity index (χ0n) is 9.47. The summed E-state index contributed by atoms with van der Waals surface area (Å²) in [5.41, 5.74) is 5.51. The number of hydrogen-bond acceptors (Lipinski definition) is 5. The molecule has 0 aromatic carbocycles. The van der Waals surface area contributed by atoms with Gasteiger partial charge in [-0.25, -0.2) is 13.1 Å². The topological polar surface area (TPSA) is 90.0 Å². The Morgan fingerprint density at radius 1 is 1.69 bits per heavy atom. The number of aryl methyl sites for hydroxylation is 1. The van der Waals surface area contributed by atoms with Crippen molar-refractivity contribution < 1.29 is 8.42 Å². The van der Waals surface area contributed by atoms with Crippen LogP contribution in [0.25, 0.3) is 0 Å². The summed E-state index contributed by atoms with van der Waals surface area (Å²) in [6, 6.07) is 0. The van der Waals surface area contributed by atoms with Gasteiger partial charge < -0.3 is 5.73 Å². The first-order valence-electron chi connectivity index (χ1n) is 4.68. The third kappa shape index (κ3) is 3.13. The van der Waals surface area contributed by atoms with Gasteiger partial charge >= 0.3 is 0 Å². The normalized spacial score (nSPS) is 13.9. The van der Waals surface area contributed by atoms with Gasteiger partial charge in [0.2, 0.25) is 10.0 Å². The Balaban J connectivity index is 2.82. The molecule has 0 saturated heterocycles. The maximum atomic E-state index is 11.8. The Morgan fingerprint density at radius 2 is 2.31 bits per heavy atom. The highest BCUT2D eigenvalue weighted by Gasteiger charge is 2.20. The monoisotopic (exact) mass is 264 g/mol. The zero-order valence-corrected chi connectivity index (χ0v) is 11.1. The van der Waals surface area contributed by atoms with Gasteiger partial charge in [-0.15, -0.1) is 0 Å². The fourth-order valence-corrected chi connectivity index (χ4v) is 2.67. The molecule has 8 heteroatoms. The van der Waals surface area contributed by atoms with Gasteiger partial charge in [-0.2, -0.15) is 16.9 Å². The lowest BCUT2D eigenvalue weighted by molar-refractivity contribution is 0.581. The van der Waals surface area contributed by atoms with Crippen LogP contribution in [0.2, 0.25) is 0 Å². The number of hydrogen-bond donors (Lipinski definition) is 2. The molecule has 0 spiro atoms. The fourth-order valence-electron chi connectivity index (χ4n) is 1.08. The summed E-state index contributed by atoms with van der Waals surface area (Å²) in [5.74, 6) is 0.0202. The van der Waals surface area contributed by atoms with Crippen LogP contribution in [0.5, 0.6) is 0 Å². The van der Waals surface area contributed by atoms with Crippen LogP contribution in [0.15, 0.2) is 11.1 Å². The number of nitrogen functional groups attached to an aromatic ring is 1. The lowest BCUT2D eigenvalue weighted by atomic mass is 10.5. The van der Waals surface area contributed by atoms with Crippen molar-refractivity contribution in [3.63, 3.8) is 0 Å². The molecular weight excluding hydrogens is 248 g/mol. The second kappa shape index (κ2) is 5.07. The molecule has 1 aromatic heterocycles. The molecule has 0 aliphatic rings. The van der Waals surface area contributed by atoms with Gasteiger partial charge in [0, 0.05) is 25.0 Å². The molecule has 0 aliphatic carbocycles. The van der Waals surface area contributed by atoms with E-state index in [4.69, 9.17) is 5.73 Å². The summed E-state index contributed by atoms with van der Waals surface area (Å²) in [6.45, 7) is 2.32. The van der Waals surface area contributed by atoms with Gasteiger partial charge in [0.1, 0.15) is 4.90 Å². The molecule has 0 saturated carbocycles. The van der Waals surface area contributed by atoms with Crippen LogP contribution in [0, 0.1) is 0 Å². The lowest BCUT2D eigenvalue weighted by Gasteiger charge is -2.09. The van der Waals surface area contributed by atoms with E-state index in [-0.39, 0.29) is 16.0 Å². The molecule has 0 amide bonds. The van der Waals surface area contributed by atoms with Crippen LogP contribution in [0.4, 0.5) is 5.82 Å².